The summed E-state index contributed by atoms with van der Waals surface area (Å²) < 4.78 is 0. The van der Waals surface area contributed by atoms with Crippen LogP contribution in [-0.4, -0.2) is 96.6 Å². The second kappa shape index (κ2) is 10.1. The molecule has 3 heterocycles. The first kappa shape index (κ1) is 22.2. The smallest absolute Gasteiger partial charge is 0.228 e. The van der Waals surface area contributed by atoms with Crippen molar-refractivity contribution < 1.29 is 9.59 Å². The number of anilines is 1. The van der Waals surface area contributed by atoms with Crippen LogP contribution < -0.4 is 4.90 Å². The third kappa shape index (κ3) is 5.24. The highest BCUT2D eigenvalue weighted by Crippen LogP contribution is 2.23. The molecule has 0 N–H and O–H groups in total. The fraction of sp³-hybridized carbons (Fsp3) is 0.500. The fourth-order valence-electron chi connectivity index (χ4n) is 4.40. The molecule has 0 spiro atoms. The van der Waals surface area contributed by atoms with Crippen molar-refractivity contribution in [3.63, 3.8) is 0 Å². The Morgan fingerprint density at radius 2 is 1.78 bits per heavy atom. The van der Waals surface area contributed by atoms with E-state index in [9.17, 15) is 9.59 Å². The number of likely N-dealkylation sites (tertiary alicyclic amines) is 1. The summed E-state index contributed by atoms with van der Waals surface area (Å²) in [6.45, 7) is 4.96. The standard InChI is InChI=1S/C24H32N6O2/c1-27(2)11-6-12-30-18-20(17-23(30)31)24(32)29-15-13-28(14-16-29)22-10-9-21(25-26-22)19-7-4-3-5-8-19/h3-5,7-10,20H,6,11-18H2,1-2H3. The van der Waals surface area contributed by atoms with Crippen molar-refractivity contribution in [2.45, 2.75) is 12.8 Å². The van der Waals surface area contributed by atoms with Crippen LogP contribution in [0.4, 0.5) is 5.82 Å². The summed E-state index contributed by atoms with van der Waals surface area (Å²) in [6.07, 6.45) is 1.27. The van der Waals surface area contributed by atoms with Gasteiger partial charge in [-0.25, -0.2) is 0 Å². The number of carbonyl (C=O) groups excluding carboxylic acids is 2. The lowest BCUT2D eigenvalue weighted by Gasteiger charge is -2.36. The summed E-state index contributed by atoms with van der Waals surface area (Å²) in [7, 11) is 4.06. The number of rotatable bonds is 7. The number of hydrogen-bond acceptors (Lipinski definition) is 6. The highest BCUT2D eigenvalue weighted by molar-refractivity contribution is 5.89. The van der Waals surface area contributed by atoms with Crippen molar-refractivity contribution in [3.05, 3.63) is 42.5 Å². The second-order valence-corrected chi connectivity index (χ2v) is 8.85. The van der Waals surface area contributed by atoms with Crippen LogP contribution in [0.5, 0.6) is 0 Å². The van der Waals surface area contributed by atoms with E-state index in [0.717, 1.165) is 49.7 Å². The zero-order valence-corrected chi connectivity index (χ0v) is 19.0. The van der Waals surface area contributed by atoms with E-state index < -0.39 is 0 Å². The lowest BCUT2D eigenvalue weighted by atomic mass is 10.1. The van der Waals surface area contributed by atoms with Crippen LogP contribution in [0.1, 0.15) is 12.8 Å². The molecule has 2 amide bonds. The Morgan fingerprint density at radius 1 is 1.03 bits per heavy atom. The average molecular weight is 437 g/mol. The molecule has 8 nitrogen and oxygen atoms in total. The third-order valence-electron chi connectivity index (χ3n) is 6.23. The van der Waals surface area contributed by atoms with Gasteiger partial charge in [0.1, 0.15) is 0 Å². The molecule has 0 saturated carbocycles. The number of aromatic nitrogens is 2. The van der Waals surface area contributed by atoms with Crippen molar-refractivity contribution in [1.82, 2.24) is 24.9 Å². The fourth-order valence-corrected chi connectivity index (χ4v) is 4.40. The molecule has 2 aromatic rings. The molecule has 32 heavy (non-hydrogen) atoms. The first-order valence-electron chi connectivity index (χ1n) is 11.4. The molecule has 2 fully saturated rings. The maximum Gasteiger partial charge on any atom is 0.228 e. The van der Waals surface area contributed by atoms with Gasteiger partial charge in [0.2, 0.25) is 11.8 Å². The van der Waals surface area contributed by atoms with Gasteiger partial charge in [-0.05, 0) is 39.2 Å². The highest BCUT2D eigenvalue weighted by Gasteiger charge is 2.37. The Morgan fingerprint density at radius 3 is 2.44 bits per heavy atom. The zero-order valence-electron chi connectivity index (χ0n) is 19.0. The monoisotopic (exact) mass is 436 g/mol. The molecule has 1 atom stereocenters. The summed E-state index contributed by atoms with van der Waals surface area (Å²) >= 11 is 0. The molecule has 1 aromatic carbocycles. The molecule has 8 heteroatoms. The van der Waals surface area contributed by atoms with Crippen LogP contribution in [0, 0.1) is 5.92 Å². The number of benzene rings is 1. The molecule has 1 unspecified atom stereocenters. The van der Waals surface area contributed by atoms with Crippen LogP contribution in [0.3, 0.4) is 0 Å². The van der Waals surface area contributed by atoms with Gasteiger partial charge in [0, 0.05) is 51.3 Å². The number of carbonyl (C=O) groups is 2. The molecular weight excluding hydrogens is 404 g/mol. The summed E-state index contributed by atoms with van der Waals surface area (Å²) in [6, 6.07) is 14.0. The molecule has 2 aliphatic heterocycles. The molecule has 2 saturated heterocycles. The zero-order chi connectivity index (χ0) is 22.5. The van der Waals surface area contributed by atoms with E-state index in [1.165, 1.54) is 0 Å². The number of hydrogen-bond donors (Lipinski definition) is 0. The van der Waals surface area contributed by atoms with Gasteiger partial charge < -0.3 is 19.6 Å². The normalized spacial score (nSPS) is 19.2. The Bertz CT molecular complexity index is 910. The van der Waals surface area contributed by atoms with E-state index in [0.29, 0.717) is 26.1 Å². The molecule has 0 radical (unpaired) electrons. The van der Waals surface area contributed by atoms with Gasteiger partial charge in [0.15, 0.2) is 5.82 Å². The third-order valence-corrected chi connectivity index (χ3v) is 6.23. The van der Waals surface area contributed by atoms with E-state index in [1.54, 1.807) is 0 Å². The van der Waals surface area contributed by atoms with E-state index in [2.05, 4.69) is 20.0 Å². The minimum atomic E-state index is -0.210. The number of amides is 2. The predicted molar refractivity (Wildman–Crippen MR) is 124 cm³/mol. The van der Waals surface area contributed by atoms with Crippen LogP contribution in [0.2, 0.25) is 0 Å². The van der Waals surface area contributed by atoms with Crippen molar-refractivity contribution in [2.75, 3.05) is 64.8 Å². The number of nitrogens with zero attached hydrogens (tertiary/aromatic N) is 6. The molecule has 2 aliphatic rings. The molecule has 1 aromatic heterocycles. The molecule has 170 valence electrons. The summed E-state index contributed by atoms with van der Waals surface area (Å²) in [4.78, 5) is 33.4. The predicted octanol–water partition coefficient (Wildman–Crippen LogP) is 1.59. The summed E-state index contributed by atoms with van der Waals surface area (Å²) in [5.41, 5.74) is 1.90. The minimum Gasteiger partial charge on any atom is -0.352 e. The molecule has 0 aliphatic carbocycles. The maximum atomic E-state index is 13.0. The van der Waals surface area contributed by atoms with Crippen molar-refractivity contribution >= 4 is 17.6 Å². The van der Waals surface area contributed by atoms with Gasteiger partial charge in [0.25, 0.3) is 0 Å². The van der Waals surface area contributed by atoms with Gasteiger partial charge in [-0.3, -0.25) is 9.59 Å². The summed E-state index contributed by atoms with van der Waals surface area (Å²) in [5.74, 6) is 0.839. The Balaban J connectivity index is 1.27. The van der Waals surface area contributed by atoms with Crippen LogP contribution in [-0.2, 0) is 9.59 Å². The SMILES string of the molecule is CN(C)CCCN1CC(C(=O)N2CCN(c3ccc(-c4ccccc4)nn3)CC2)CC1=O. The van der Waals surface area contributed by atoms with E-state index in [4.69, 9.17) is 0 Å². The van der Waals surface area contributed by atoms with Gasteiger partial charge in [-0.15, -0.1) is 10.2 Å². The van der Waals surface area contributed by atoms with Gasteiger partial charge in [-0.1, -0.05) is 30.3 Å². The van der Waals surface area contributed by atoms with E-state index >= 15 is 0 Å². The Labute approximate surface area is 189 Å². The highest BCUT2D eigenvalue weighted by atomic mass is 16.2. The van der Waals surface area contributed by atoms with Crippen molar-refractivity contribution in [1.29, 1.82) is 0 Å². The van der Waals surface area contributed by atoms with Crippen molar-refractivity contribution in [3.8, 4) is 11.3 Å². The molecule has 4 rings (SSSR count). The minimum absolute atomic E-state index is 0.106. The van der Waals surface area contributed by atoms with Gasteiger partial charge >= 0.3 is 0 Å². The summed E-state index contributed by atoms with van der Waals surface area (Å²) in [5, 5.41) is 8.78. The first-order valence-corrected chi connectivity index (χ1v) is 11.4. The lowest BCUT2D eigenvalue weighted by molar-refractivity contribution is -0.136. The average Bonchev–Trinajstić information content (AvgIpc) is 3.19. The number of piperazine rings is 1. The lowest BCUT2D eigenvalue weighted by Crippen LogP contribution is -2.51. The first-order chi connectivity index (χ1) is 15.5. The topological polar surface area (TPSA) is 72.9 Å². The largest absolute Gasteiger partial charge is 0.352 e. The van der Waals surface area contributed by atoms with Gasteiger partial charge in [0.05, 0.1) is 11.6 Å². The molecular formula is C24H32N6O2. The van der Waals surface area contributed by atoms with E-state index in [1.807, 2.05) is 66.4 Å². The van der Waals surface area contributed by atoms with Gasteiger partial charge in [-0.2, -0.15) is 0 Å². The Kier molecular flexibility index (Phi) is 6.99. The quantitative estimate of drug-likeness (QED) is 0.656. The van der Waals surface area contributed by atoms with Crippen LogP contribution in [0.25, 0.3) is 11.3 Å². The maximum absolute atomic E-state index is 13.0. The van der Waals surface area contributed by atoms with Crippen LogP contribution in [0.15, 0.2) is 42.5 Å². The van der Waals surface area contributed by atoms with E-state index in [-0.39, 0.29) is 17.7 Å². The second-order valence-electron chi connectivity index (χ2n) is 8.85. The van der Waals surface area contributed by atoms with Crippen LogP contribution >= 0.6 is 0 Å². The molecule has 0 bridgehead atoms. The Hall–Kier alpha value is -3.00. The van der Waals surface area contributed by atoms with Crippen molar-refractivity contribution in [2.24, 2.45) is 5.92 Å².